The van der Waals surface area contributed by atoms with Gasteiger partial charge in [0, 0.05) is 25.9 Å². The molecule has 1 aromatic heterocycles. The Bertz CT molecular complexity index is 732. The van der Waals surface area contributed by atoms with E-state index in [1.807, 2.05) is 6.07 Å². The lowest BCUT2D eigenvalue weighted by Crippen LogP contribution is -2.27. The minimum atomic E-state index is -0.431. The number of aliphatic hydroxyl groups is 1. The van der Waals surface area contributed by atoms with Crippen LogP contribution < -0.4 is 5.32 Å². The van der Waals surface area contributed by atoms with Crippen LogP contribution in [-0.4, -0.2) is 33.2 Å². The van der Waals surface area contributed by atoms with E-state index in [-0.39, 0.29) is 5.91 Å². The summed E-state index contributed by atoms with van der Waals surface area (Å²) >= 11 is 0. The summed E-state index contributed by atoms with van der Waals surface area (Å²) < 4.78 is 2.35. The smallest absolute Gasteiger partial charge is 0.220 e. The molecule has 1 aliphatic carbocycles. The van der Waals surface area contributed by atoms with Crippen LogP contribution in [0.25, 0.3) is 11.0 Å². The van der Waals surface area contributed by atoms with Gasteiger partial charge in [0.2, 0.25) is 5.91 Å². The minimum absolute atomic E-state index is 0.000710. The molecule has 2 aromatic rings. The highest BCUT2D eigenvalue weighted by Gasteiger charge is 2.16. The lowest BCUT2D eigenvalue weighted by molar-refractivity contribution is -0.121. The number of benzene rings is 1. The van der Waals surface area contributed by atoms with Crippen molar-refractivity contribution in [1.82, 2.24) is 14.9 Å². The van der Waals surface area contributed by atoms with Crippen molar-refractivity contribution >= 4 is 16.9 Å². The molecule has 27 heavy (non-hydrogen) atoms. The van der Waals surface area contributed by atoms with Gasteiger partial charge in [0.05, 0.1) is 17.1 Å². The molecular weight excluding hydrogens is 338 g/mol. The molecule has 0 radical (unpaired) electrons. The van der Waals surface area contributed by atoms with E-state index in [1.54, 1.807) is 6.92 Å². The fourth-order valence-electron chi connectivity index (χ4n) is 4.10. The molecule has 1 fully saturated rings. The molecule has 1 heterocycles. The van der Waals surface area contributed by atoms with E-state index in [2.05, 4.69) is 28.1 Å². The van der Waals surface area contributed by atoms with Gasteiger partial charge in [0.15, 0.2) is 0 Å². The van der Waals surface area contributed by atoms with Crippen molar-refractivity contribution < 1.29 is 9.90 Å². The molecule has 5 nitrogen and oxygen atoms in total. The van der Waals surface area contributed by atoms with E-state index < -0.39 is 6.10 Å². The molecule has 0 spiro atoms. The average Bonchev–Trinajstić information content (AvgIpc) is 3.03. The number of amides is 1. The molecule has 1 atom stereocenters. The Balaban J connectivity index is 1.60. The van der Waals surface area contributed by atoms with Crippen LogP contribution in [0.15, 0.2) is 24.3 Å². The van der Waals surface area contributed by atoms with Crippen LogP contribution in [0.4, 0.5) is 0 Å². The third kappa shape index (κ3) is 5.80. The number of aromatic nitrogens is 2. The zero-order valence-corrected chi connectivity index (χ0v) is 16.5. The molecule has 1 aliphatic rings. The van der Waals surface area contributed by atoms with Crippen molar-refractivity contribution in [3.8, 4) is 0 Å². The molecule has 1 saturated carbocycles. The van der Waals surface area contributed by atoms with Crippen LogP contribution in [-0.2, 0) is 17.8 Å². The standard InChI is InChI=1S/C22H33N3O2/c1-17(26)11-12-22(27)23-15-13-21-24-19-9-5-6-10-20(19)25(21)16-14-18-7-3-2-4-8-18/h5-6,9-10,17-18,26H,2-4,7-8,11-16H2,1H3,(H,23,27). The maximum absolute atomic E-state index is 11.9. The van der Waals surface area contributed by atoms with Gasteiger partial charge in [0.25, 0.3) is 0 Å². The Labute approximate surface area is 162 Å². The van der Waals surface area contributed by atoms with Gasteiger partial charge in [-0.1, -0.05) is 44.2 Å². The van der Waals surface area contributed by atoms with E-state index in [9.17, 15) is 9.90 Å². The maximum Gasteiger partial charge on any atom is 0.220 e. The number of imidazole rings is 1. The normalized spacial score (nSPS) is 16.5. The second-order valence-corrected chi connectivity index (χ2v) is 7.95. The molecular formula is C22H33N3O2. The predicted molar refractivity (Wildman–Crippen MR) is 109 cm³/mol. The van der Waals surface area contributed by atoms with Gasteiger partial charge in [0.1, 0.15) is 5.82 Å². The first-order valence-electron chi connectivity index (χ1n) is 10.5. The summed E-state index contributed by atoms with van der Waals surface area (Å²) in [6, 6.07) is 8.32. The van der Waals surface area contributed by atoms with E-state index >= 15 is 0 Å². The second kappa shape index (κ2) is 9.88. The lowest BCUT2D eigenvalue weighted by atomic mass is 9.87. The van der Waals surface area contributed by atoms with E-state index in [0.29, 0.717) is 19.4 Å². The number of fused-ring (bicyclic) bond motifs is 1. The zero-order chi connectivity index (χ0) is 19.1. The van der Waals surface area contributed by atoms with Crippen LogP contribution in [0.5, 0.6) is 0 Å². The summed E-state index contributed by atoms with van der Waals surface area (Å²) in [5.41, 5.74) is 2.24. The number of nitrogens with one attached hydrogen (secondary N) is 1. The molecule has 148 valence electrons. The number of para-hydroxylation sites is 2. The van der Waals surface area contributed by atoms with E-state index in [0.717, 1.165) is 30.2 Å². The maximum atomic E-state index is 11.9. The van der Waals surface area contributed by atoms with Gasteiger partial charge in [-0.05, 0) is 37.8 Å². The van der Waals surface area contributed by atoms with E-state index in [1.165, 1.54) is 44.0 Å². The van der Waals surface area contributed by atoms with Gasteiger partial charge in [-0.2, -0.15) is 0 Å². The number of carbonyl (C=O) groups excluding carboxylic acids is 1. The van der Waals surface area contributed by atoms with Crippen LogP contribution in [0, 0.1) is 5.92 Å². The van der Waals surface area contributed by atoms with Gasteiger partial charge in [-0.3, -0.25) is 4.79 Å². The van der Waals surface area contributed by atoms with Crippen molar-refractivity contribution in [1.29, 1.82) is 0 Å². The first-order chi connectivity index (χ1) is 13.1. The number of aliphatic hydroxyl groups excluding tert-OH is 1. The molecule has 1 amide bonds. The molecule has 1 unspecified atom stereocenters. The Morgan fingerprint density at radius 3 is 2.85 bits per heavy atom. The first-order valence-corrected chi connectivity index (χ1v) is 10.5. The summed E-state index contributed by atoms with van der Waals surface area (Å²) in [6.07, 6.45) is 9.27. The number of aryl methyl sites for hydroxylation is 1. The van der Waals surface area contributed by atoms with Crippen molar-refractivity contribution in [2.75, 3.05) is 6.54 Å². The molecule has 0 bridgehead atoms. The van der Waals surface area contributed by atoms with Crippen LogP contribution >= 0.6 is 0 Å². The SMILES string of the molecule is CC(O)CCC(=O)NCCc1nc2ccccc2n1CCC1CCCCC1. The Hall–Kier alpha value is -1.88. The summed E-state index contributed by atoms with van der Waals surface area (Å²) in [5, 5.41) is 12.3. The average molecular weight is 372 g/mol. The Kier molecular flexibility index (Phi) is 7.27. The highest BCUT2D eigenvalue weighted by atomic mass is 16.3. The fraction of sp³-hybridized carbons (Fsp3) is 0.636. The number of hydrogen-bond donors (Lipinski definition) is 2. The van der Waals surface area contributed by atoms with Crippen molar-refractivity contribution in [2.24, 2.45) is 5.92 Å². The third-order valence-corrected chi connectivity index (χ3v) is 5.68. The van der Waals surface area contributed by atoms with Gasteiger partial charge >= 0.3 is 0 Å². The highest BCUT2D eigenvalue weighted by molar-refractivity contribution is 5.76. The number of hydrogen-bond acceptors (Lipinski definition) is 3. The van der Waals surface area contributed by atoms with Gasteiger partial charge in [-0.15, -0.1) is 0 Å². The molecule has 0 aliphatic heterocycles. The summed E-state index contributed by atoms with van der Waals surface area (Å²) in [7, 11) is 0. The monoisotopic (exact) mass is 371 g/mol. The first kappa shape index (κ1) is 19.9. The Morgan fingerprint density at radius 1 is 1.30 bits per heavy atom. The summed E-state index contributed by atoms with van der Waals surface area (Å²) in [4.78, 5) is 16.7. The summed E-state index contributed by atoms with van der Waals surface area (Å²) in [5.74, 6) is 1.90. The molecule has 3 rings (SSSR count). The highest BCUT2D eigenvalue weighted by Crippen LogP contribution is 2.27. The van der Waals surface area contributed by atoms with Crippen molar-refractivity contribution in [3.63, 3.8) is 0 Å². The number of nitrogens with zero attached hydrogens (tertiary/aromatic N) is 2. The second-order valence-electron chi connectivity index (χ2n) is 7.95. The van der Waals surface area contributed by atoms with Crippen molar-refractivity contribution in [2.45, 2.75) is 77.4 Å². The molecule has 0 saturated heterocycles. The summed E-state index contributed by atoms with van der Waals surface area (Å²) in [6.45, 7) is 3.31. The largest absolute Gasteiger partial charge is 0.393 e. The van der Waals surface area contributed by atoms with Crippen LogP contribution in [0.3, 0.4) is 0 Å². The molecule has 5 heteroatoms. The number of carbonyl (C=O) groups is 1. The predicted octanol–water partition coefficient (Wildman–Crippen LogP) is 3.83. The topological polar surface area (TPSA) is 67.2 Å². The zero-order valence-electron chi connectivity index (χ0n) is 16.5. The minimum Gasteiger partial charge on any atom is -0.393 e. The van der Waals surface area contributed by atoms with Gasteiger partial charge in [-0.25, -0.2) is 4.98 Å². The number of rotatable bonds is 9. The third-order valence-electron chi connectivity index (χ3n) is 5.68. The van der Waals surface area contributed by atoms with Crippen molar-refractivity contribution in [3.05, 3.63) is 30.1 Å². The quantitative estimate of drug-likeness (QED) is 0.704. The van der Waals surface area contributed by atoms with E-state index in [4.69, 9.17) is 4.98 Å². The Morgan fingerprint density at radius 2 is 2.07 bits per heavy atom. The molecule has 1 aromatic carbocycles. The van der Waals surface area contributed by atoms with Crippen LogP contribution in [0.2, 0.25) is 0 Å². The fourth-order valence-corrected chi connectivity index (χ4v) is 4.10. The lowest BCUT2D eigenvalue weighted by Gasteiger charge is -2.22. The van der Waals surface area contributed by atoms with Gasteiger partial charge < -0.3 is 15.0 Å². The molecule has 2 N–H and O–H groups in total. The van der Waals surface area contributed by atoms with Crippen LogP contribution in [0.1, 0.15) is 64.1 Å².